The summed E-state index contributed by atoms with van der Waals surface area (Å²) in [6.45, 7) is 6.47. The van der Waals surface area contributed by atoms with E-state index in [0.717, 1.165) is 12.1 Å². The van der Waals surface area contributed by atoms with Gasteiger partial charge in [-0.05, 0) is 44.0 Å². The Hall–Kier alpha value is -3.06. The number of urea groups is 1. The average Bonchev–Trinajstić information content (AvgIpc) is 2.86. The van der Waals surface area contributed by atoms with Gasteiger partial charge in [0.25, 0.3) is 0 Å². The van der Waals surface area contributed by atoms with Crippen molar-refractivity contribution in [1.29, 1.82) is 0 Å². The lowest BCUT2D eigenvalue weighted by Gasteiger charge is -2.37. The number of halogens is 2. The van der Waals surface area contributed by atoms with Gasteiger partial charge in [0.1, 0.15) is 12.0 Å². The number of amides is 3. The summed E-state index contributed by atoms with van der Waals surface area (Å²) in [5.41, 5.74) is 11.8. The third-order valence-electron chi connectivity index (χ3n) is 6.74. The lowest BCUT2D eigenvalue weighted by Crippen LogP contribution is -2.58. The van der Waals surface area contributed by atoms with E-state index < -0.39 is 23.4 Å². The lowest BCUT2D eigenvalue weighted by molar-refractivity contribution is -0.137. The number of nitrogens with zero attached hydrogens (tertiary/aromatic N) is 5. The predicted molar refractivity (Wildman–Crippen MR) is 145 cm³/mol. The Bertz CT molecular complexity index is 1180. The Balaban J connectivity index is 0.00000400. The molecule has 13 heteroatoms. The molecular formula is C25H36ClFN8O3. The van der Waals surface area contributed by atoms with Gasteiger partial charge in [0.2, 0.25) is 5.91 Å². The number of rotatable bonds is 5. The monoisotopic (exact) mass is 550 g/mol. The molecule has 4 rings (SSSR count). The van der Waals surface area contributed by atoms with Crippen LogP contribution >= 0.6 is 12.4 Å². The highest BCUT2D eigenvalue weighted by atomic mass is 35.5. The number of nitrogens with two attached hydrogens (primary N) is 2. The molecule has 0 spiro atoms. The number of alkyl halides is 1. The van der Waals surface area contributed by atoms with Crippen molar-refractivity contribution < 1.29 is 14.0 Å². The summed E-state index contributed by atoms with van der Waals surface area (Å²) in [7, 11) is 0. The van der Waals surface area contributed by atoms with E-state index in [9.17, 15) is 18.8 Å². The molecule has 2 aromatic rings. The van der Waals surface area contributed by atoms with Crippen molar-refractivity contribution in [2.24, 2.45) is 11.5 Å². The molecule has 3 heterocycles. The van der Waals surface area contributed by atoms with E-state index in [1.54, 1.807) is 35.9 Å². The van der Waals surface area contributed by atoms with Crippen LogP contribution in [0.1, 0.15) is 25.8 Å². The molecule has 0 bridgehead atoms. The molecule has 2 atom stereocenters. The SMILES string of the molecule is CC(C)(N)C(=O)N1CCN(C(=O)Nc2ccn(-c3ccc(CN4CC[C@@H](N)[C@H](F)C4)cc3)c(=O)n2)CC1.Cl. The minimum Gasteiger partial charge on any atom is -0.338 e. The first-order chi connectivity index (χ1) is 17.5. The smallest absolute Gasteiger partial charge is 0.338 e. The normalized spacial score (nSPS) is 20.6. The van der Waals surface area contributed by atoms with Crippen LogP contribution in [0.5, 0.6) is 0 Å². The van der Waals surface area contributed by atoms with E-state index in [4.69, 9.17) is 11.5 Å². The van der Waals surface area contributed by atoms with E-state index >= 15 is 0 Å². The van der Waals surface area contributed by atoms with E-state index in [0.29, 0.717) is 51.4 Å². The van der Waals surface area contributed by atoms with Crippen LogP contribution in [-0.4, -0.2) is 93.2 Å². The molecule has 11 nitrogen and oxygen atoms in total. The van der Waals surface area contributed by atoms with E-state index in [-0.39, 0.29) is 30.2 Å². The van der Waals surface area contributed by atoms with Crippen LogP contribution in [0.15, 0.2) is 41.3 Å². The van der Waals surface area contributed by atoms with Crippen molar-refractivity contribution in [1.82, 2.24) is 24.3 Å². The Morgan fingerprint density at radius 3 is 2.29 bits per heavy atom. The number of carbonyl (C=O) groups excluding carboxylic acids is 2. The number of hydrogen-bond donors (Lipinski definition) is 3. The average molecular weight is 551 g/mol. The largest absolute Gasteiger partial charge is 0.354 e. The zero-order chi connectivity index (χ0) is 26.7. The van der Waals surface area contributed by atoms with Crippen LogP contribution in [-0.2, 0) is 11.3 Å². The molecule has 1 aromatic heterocycles. The molecule has 38 heavy (non-hydrogen) atoms. The number of nitrogens with one attached hydrogen (secondary N) is 1. The maximum Gasteiger partial charge on any atom is 0.354 e. The second kappa shape index (κ2) is 12.2. The Morgan fingerprint density at radius 2 is 1.71 bits per heavy atom. The highest BCUT2D eigenvalue weighted by Crippen LogP contribution is 2.17. The van der Waals surface area contributed by atoms with Crippen LogP contribution in [0.4, 0.5) is 15.0 Å². The number of benzene rings is 1. The van der Waals surface area contributed by atoms with Crippen LogP contribution in [0.2, 0.25) is 0 Å². The number of piperazine rings is 1. The first-order valence-electron chi connectivity index (χ1n) is 12.5. The topological polar surface area (TPSA) is 143 Å². The van der Waals surface area contributed by atoms with Gasteiger partial charge in [-0.15, -0.1) is 12.4 Å². The summed E-state index contributed by atoms with van der Waals surface area (Å²) >= 11 is 0. The maximum atomic E-state index is 13.9. The van der Waals surface area contributed by atoms with Gasteiger partial charge in [0, 0.05) is 58.1 Å². The minimum absolute atomic E-state index is 0. The molecule has 1 aromatic carbocycles. The Labute approximate surface area is 227 Å². The van der Waals surface area contributed by atoms with Crippen molar-refractivity contribution in [3.63, 3.8) is 0 Å². The van der Waals surface area contributed by atoms with Crippen LogP contribution < -0.4 is 22.5 Å². The summed E-state index contributed by atoms with van der Waals surface area (Å²) in [4.78, 5) is 46.9. The van der Waals surface area contributed by atoms with Gasteiger partial charge < -0.3 is 21.3 Å². The molecular weight excluding hydrogens is 515 g/mol. The van der Waals surface area contributed by atoms with Gasteiger partial charge in [-0.3, -0.25) is 19.6 Å². The van der Waals surface area contributed by atoms with Gasteiger partial charge in [-0.1, -0.05) is 12.1 Å². The molecule has 2 saturated heterocycles. The van der Waals surface area contributed by atoms with Gasteiger partial charge in [-0.2, -0.15) is 4.98 Å². The summed E-state index contributed by atoms with van der Waals surface area (Å²) in [6, 6.07) is 8.19. The van der Waals surface area contributed by atoms with Crippen molar-refractivity contribution >= 4 is 30.2 Å². The van der Waals surface area contributed by atoms with E-state index in [1.807, 2.05) is 29.2 Å². The first-order valence-corrected chi connectivity index (χ1v) is 12.5. The van der Waals surface area contributed by atoms with E-state index in [1.165, 1.54) is 4.57 Å². The zero-order valence-corrected chi connectivity index (χ0v) is 22.5. The fraction of sp³-hybridized carbons (Fsp3) is 0.520. The van der Waals surface area contributed by atoms with Crippen molar-refractivity contribution in [2.75, 3.05) is 44.6 Å². The highest BCUT2D eigenvalue weighted by molar-refractivity contribution is 5.89. The summed E-state index contributed by atoms with van der Waals surface area (Å²) in [5, 5.41) is 2.66. The number of hydrogen-bond acceptors (Lipinski definition) is 7. The van der Waals surface area contributed by atoms with Crippen molar-refractivity contribution in [3.05, 3.63) is 52.6 Å². The van der Waals surface area contributed by atoms with Crippen molar-refractivity contribution in [2.45, 2.75) is 44.6 Å². The molecule has 2 aliphatic rings. The van der Waals surface area contributed by atoms with Crippen LogP contribution in [0.3, 0.4) is 0 Å². The second-order valence-electron chi connectivity index (χ2n) is 10.3. The fourth-order valence-corrected chi connectivity index (χ4v) is 4.53. The molecule has 0 unspecified atom stereocenters. The molecule has 3 amide bonds. The number of likely N-dealkylation sites (tertiary alicyclic amines) is 1. The molecule has 0 aliphatic carbocycles. The van der Waals surface area contributed by atoms with Gasteiger partial charge in [0.05, 0.1) is 11.2 Å². The summed E-state index contributed by atoms with van der Waals surface area (Å²) < 4.78 is 15.3. The molecule has 0 radical (unpaired) electrons. The minimum atomic E-state index is -1.02. The second-order valence-corrected chi connectivity index (χ2v) is 10.3. The van der Waals surface area contributed by atoms with Crippen LogP contribution in [0.25, 0.3) is 5.69 Å². The highest BCUT2D eigenvalue weighted by Gasteiger charge is 2.31. The Kier molecular flexibility index (Phi) is 9.47. The van der Waals surface area contributed by atoms with Gasteiger partial charge in [0.15, 0.2) is 0 Å². The number of carbonyl (C=O) groups is 2. The zero-order valence-electron chi connectivity index (χ0n) is 21.7. The molecule has 0 saturated carbocycles. The quantitative estimate of drug-likeness (QED) is 0.502. The lowest BCUT2D eigenvalue weighted by atomic mass is 10.0. The number of anilines is 1. The first kappa shape index (κ1) is 29.5. The number of aromatic nitrogens is 2. The van der Waals surface area contributed by atoms with Gasteiger partial charge >= 0.3 is 11.7 Å². The third-order valence-corrected chi connectivity index (χ3v) is 6.74. The van der Waals surface area contributed by atoms with E-state index in [2.05, 4.69) is 10.3 Å². The Morgan fingerprint density at radius 1 is 1.08 bits per heavy atom. The van der Waals surface area contributed by atoms with Crippen LogP contribution in [0, 0.1) is 0 Å². The predicted octanol–water partition coefficient (Wildman–Crippen LogP) is 0.939. The molecule has 2 aliphatic heterocycles. The molecule has 5 N–H and O–H groups in total. The van der Waals surface area contributed by atoms with Gasteiger partial charge in [-0.25, -0.2) is 14.0 Å². The fourth-order valence-electron chi connectivity index (χ4n) is 4.53. The summed E-state index contributed by atoms with van der Waals surface area (Å²) in [5.74, 6) is -0.0101. The summed E-state index contributed by atoms with van der Waals surface area (Å²) in [6.07, 6.45) is 1.17. The third kappa shape index (κ3) is 7.07. The number of piperidine rings is 1. The molecule has 2 fully saturated rings. The standard InChI is InChI=1S/C25H35FN8O3.ClH/c1-25(2,28)22(35)32-11-13-33(14-12-32)23(36)29-21-8-10-34(24(37)30-21)18-5-3-17(4-6-18)15-31-9-7-20(27)19(26)16-31;/h3-6,8,10,19-20H,7,9,11-16,27-28H2,1-2H3,(H,29,30,36,37);1H/t19-,20-;/m1./s1. The molecule has 208 valence electrons. The van der Waals surface area contributed by atoms with Crippen molar-refractivity contribution in [3.8, 4) is 5.69 Å². The maximum absolute atomic E-state index is 13.9.